The van der Waals surface area contributed by atoms with E-state index in [0.717, 1.165) is 12.1 Å². The smallest absolute Gasteiger partial charge is 0.0572 e. The Morgan fingerprint density at radius 3 is 2.55 bits per heavy atom. The highest BCUT2D eigenvalue weighted by atomic mass is 15.2. The van der Waals surface area contributed by atoms with E-state index in [1.807, 2.05) is 6.20 Å². The van der Waals surface area contributed by atoms with Gasteiger partial charge in [-0.25, -0.2) is 0 Å². The molecule has 1 fully saturated rings. The van der Waals surface area contributed by atoms with E-state index in [1.165, 1.54) is 38.2 Å². The van der Waals surface area contributed by atoms with Crippen molar-refractivity contribution in [2.45, 2.75) is 45.2 Å². The Morgan fingerprint density at radius 2 is 2.05 bits per heavy atom. The minimum Gasteiger partial charge on any atom is -0.370 e. The molecule has 0 amide bonds. The van der Waals surface area contributed by atoms with Gasteiger partial charge in [-0.15, -0.1) is 0 Å². The molecule has 4 heteroatoms. The lowest BCUT2D eigenvalue weighted by Gasteiger charge is -2.37. The van der Waals surface area contributed by atoms with Gasteiger partial charge in [0.25, 0.3) is 0 Å². The van der Waals surface area contributed by atoms with E-state index in [0.29, 0.717) is 6.04 Å². The topological polar surface area (TPSA) is 45.4 Å². The Balaban J connectivity index is 1.97. The molecule has 0 aliphatic carbocycles. The SMILES string of the molecule is CCC(N)c1ccc(N(C)C2CCN(CC)CC2)cn1. The molecule has 1 atom stereocenters. The zero-order valence-electron chi connectivity index (χ0n) is 13.0. The van der Waals surface area contributed by atoms with E-state index >= 15 is 0 Å². The third kappa shape index (κ3) is 3.49. The van der Waals surface area contributed by atoms with E-state index in [9.17, 15) is 0 Å². The average molecular weight is 276 g/mol. The minimum absolute atomic E-state index is 0.0575. The molecular formula is C16H28N4. The van der Waals surface area contributed by atoms with E-state index in [4.69, 9.17) is 5.73 Å². The zero-order valence-corrected chi connectivity index (χ0v) is 13.0. The van der Waals surface area contributed by atoms with Crippen molar-refractivity contribution in [3.8, 4) is 0 Å². The van der Waals surface area contributed by atoms with Crippen LogP contribution in [0.25, 0.3) is 0 Å². The zero-order chi connectivity index (χ0) is 14.5. The van der Waals surface area contributed by atoms with E-state index < -0.39 is 0 Å². The molecule has 20 heavy (non-hydrogen) atoms. The Hall–Kier alpha value is -1.13. The van der Waals surface area contributed by atoms with Gasteiger partial charge in [0.2, 0.25) is 0 Å². The number of aromatic nitrogens is 1. The highest BCUT2D eigenvalue weighted by Crippen LogP contribution is 2.22. The number of hydrogen-bond acceptors (Lipinski definition) is 4. The van der Waals surface area contributed by atoms with Crippen LogP contribution in [-0.4, -0.2) is 42.6 Å². The molecule has 1 aromatic heterocycles. The quantitative estimate of drug-likeness (QED) is 0.897. The summed E-state index contributed by atoms with van der Waals surface area (Å²) in [4.78, 5) is 9.42. The van der Waals surface area contributed by atoms with Crippen LogP contribution in [0.1, 0.15) is 44.8 Å². The summed E-state index contributed by atoms with van der Waals surface area (Å²) < 4.78 is 0. The lowest BCUT2D eigenvalue weighted by molar-refractivity contribution is 0.221. The summed E-state index contributed by atoms with van der Waals surface area (Å²) in [5.41, 5.74) is 8.20. The van der Waals surface area contributed by atoms with Gasteiger partial charge in [-0.3, -0.25) is 4.98 Å². The van der Waals surface area contributed by atoms with Gasteiger partial charge in [-0.1, -0.05) is 13.8 Å². The van der Waals surface area contributed by atoms with Crippen molar-refractivity contribution in [3.63, 3.8) is 0 Å². The second kappa shape index (κ2) is 7.04. The highest BCUT2D eigenvalue weighted by Gasteiger charge is 2.22. The Morgan fingerprint density at radius 1 is 1.35 bits per heavy atom. The van der Waals surface area contributed by atoms with Crippen LogP contribution in [0.15, 0.2) is 18.3 Å². The standard InChI is InChI=1S/C16H28N4/c1-4-15(17)16-7-6-14(12-18-16)19(3)13-8-10-20(5-2)11-9-13/h6-7,12-13,15H,4-5,8-11,17H2,1-3H3. The number of nitrogens with two attached hydrogens (primary N) is 1. The van der Waals surface area contributed by atoms with Gasteiger partial charge in [-0.2, -0.15) is 0 Å². The number of likely N-dealkylation sites (tertiary alicyclic amines) is 1. The van der Waals surface area contributed by atoms with Crippen molar-refractivity contribution >= 4 is 5.69 Å². The van der Waals surface area contributed by atoms with Crippen molar-refractivity contribution in [1.82, 2.24) is 9.88 Å². The minimum atomic E-state index is 0.0575. The maximum absolute atomic E-state index is 6.01. The molecule has 0 aromatic carbocycles. The van der Waals surface area contributed by atoms with Gasteiger partial charge < -0.3 is 15.5 Å². The summed E-state index contributed by atoms with van der Waals surface area (Å²) in [6.07, 6.45) is 5.37. The predicted octanol–water partition coefficient (Wildman–Crippen LogP) is 2.41. The molecule has 0 bridgehead atoms. The molecule has 1 aliphatic rings. The van der Waals surface area contributed by atoms with E-state index in [-0.39, 0.29) is 6.04 Å². The molecule has 2 heterocycles. The Labute approximate surface area is 123 Å². The van der Waals surface area contributed by atoms with Crippen molar-refractivity contribution in [1.29, 1.82) is 0 Å². The molecular weight excluding hydrogens is 248 g/mol. The third-order valence-electron chi connectivity index (χ3n) is 4.55. The van der Waals surface area contributed by atoms with Crippen LogP contribution >= 0.6 is 0 Å². The average Bonchev–Trinajstić information content (AvgIpc) is 2.53. The van der Waals surface area contributed by atoms with Crippen molar-refractivity contribution in [2.75, 3.05) is 31.6 Å². The van der Waals surface area contributed by atoms with Gasteiger partial charge in [-0.05, 0) is 37.9 Å². The first-order valence-corrected chi connectivity index (χ1v) is 7.82. The number of piperidine rings is 1. The van der Waals surface area contributed by atoms with Crippen LogP contribution < -0.4 is 10.6 Å². The maximum Gasteiger partial charge on any atom is 0.0572 e. The molecule has 2 N–H and O–H groups in total. The maximum atomic E-state index is 6.01. The summed E-state index contributed by atoms with van der Waals surface area (Å²) in [6, 6.07) is 4.91. The van der Waals surface area contributed by atoms with Crippen molar-refractivity contribution in [3.05, 3.63) is 24.0 Å². The van der Waals surface area contributed by atoms with Gasteiger partial charge in [0.05, 0.1) is 17.6 Å². The van der Waals surface area contributed by atoms with Crippen LogP contribution in [0.4, 0.5) is 5.69 Å². The Kier molecular flexibility index (Phi) is 5.38. The Bertz CT molecular complexity index is 395. The first kappa shape index (κ1) is 15.3. The van der Waals surface area contributed by atoms with Crippen LogP contribution in [0.2, 0.25) is 0 Å². The van der Waals surface area contributed by atoms with Crippen molar-refractivity contribution < 1.29 is 0 Å². The normalized spacial score (nSPS) is 19.0. The molecule has 2 rings (SSSR count). The van der Waals surface area contributed by atoms with E-state index in [2.05, 4.69) is 47.8 Å². The van der Waals surface area contributed by atoms with E-state index in [1.54, 1.807) is 0 Å². The van der Waals surface area contributed by atoms with Crippen LogP contribution in [-0.2, 0) is 0 Å². The number of pyridine rings is 1. The van der Waals surface area contributed by atoms with Crippen molar-refractivity contribution in [2.24, 2.45) is 5.73 Å². The fourth-order valence-corrected chi connectivity index (χ4v) is 2.87. The number of nitrogens with zero attached hydrogens (tertiary/aromatic N) is 3. The predicted molar refractivity (Wildman–Crippen MR) is 85.0 cm³/mol. The number of hydrogen-bond donors (Lipinski definition) is 1. The summed E-state index contributed by atoms with van der Waals surface area (Å²) in [5, 5.41) is 0. The first-order chi connectivity index (χ1) is 9.65. The lowest BCUT2D eigenvalue weighted by Crippen LogP contribution is -2.43. The molecule has 0 spiro atoms. The molecule has 0 radical (unpaired) electrons. The van der Waals surface area contributed by atoms with Crippen LogP contribution in [0.3, 0.4) is 0 Å². The largest absolute Gasteiger partial charge is 0.370 e. The third-order valence-corrected chi connectivity index (χ3v) is 4.55. The van der Waals surface area contributed by atoms with Gasteiger partial charge in [0.1, 0.15) is 0 Å². The van der Waals surface area contributed by atoms with Gasteiger partial charge in [0.15, 0.2) is 0 Å². The molecule has 1 saturated heterocycles. The summed E-state index contributed by atoms with van der Waals surface area (Å²) >= 11 is 0. The summed E-state index contributed by atoms with van der Waals surface area (Å²) in [7, 11) is 2.18. The first-order valence-electron chi connectivity index (χ1n) is 7.82. The fraction of sp³-hybridized carbons (Fsp3) is 0.688. The summed E-state index contributed by atoms with van der Waals surface area (Å²) in [5.74, 6) is 0. The fourth-order valence-electron chi connectivity index (χ4n) is 2.87. The number of anilines is 1. The molecule has 112 valence electrons. The molecule has 1 unspecified atom stereocenters. The van der Waals surface area contributed by atoms with Gasteiger partial charge >= 0.3 is 0 Å². The lowest BCUT2D eigenvalue weighted by atomic mass is 10.0. The monoisotopic (exact) mass is 276 g/mol. The van der Waals surface area contributed by atoms with Crippen LogP contribution in [0.5, 0.6) is 0 Å². The van der Waals surface area contributed by atoms with Gasteiger partial charge in [0, 0.05) is 32.2 Å². The molecule has 0 saturated carbocycles. The molecule has 1 aromatic rings. The second-order valence-electron chi connectivity index (χ2n) is 5.73. The molecule has 4 nitrogen and oxygen atoms in total. The van der Waals surface area contributed by atoms with Crippen LogP contribution in [0, 0.1) is 0 Å². The summed E-state index contributed by atoms with van der Waals surface area (Å²) in [6.45, 7) is 7.91. The highest BCUT2D eigenvalue weighted by molar-refractivity contribution is 5.45. The number of rotatable bonds is 5. The molecule has 1 aliphatic heterocycles. The second-order valence-corrected chi connectivity index (χ2v) is 5.73.